The van der Waals surface area contributed by atoms with Crippen LogP contribution in [-0.2, 0) is 10.3 Å². The number of aliphatic hydroxyl groups is 1. The maximum Gasteiger partial charge on any atom is 0.167 e. The van der Waals surface area contributed by atoms with Crippen LogP contribution in [0.4, 0.5) is 5.82 Å². The summed E-state index contributed by atoms with van der Waals surface area (Å²) in [6, 6.07) is 7.62. The average molecular weight is 388 g/mol. The molecule has 144 valence electrons. The molecule has 0 spiro atoms. The number of anilines is 1. The molecule has 1 aliphatic heterocycles. The molecule has 8 heteroatoms. The molecule has 1 aliphatic rings. The lowest BCUT2D eigenvalue weighted by molar-refractivity contribution is 0.0801. The summed E-state index contributed by atoms with van der Waals surface area (Å²) < 4.78 is 7.15. The molecule has 0 aliphatic carbocycles. The van der Waals surface area contributed by atoms with Gasteiger partial charge in [-0.2, -0.15) is 22.4 Å². The molecular weight excluding hydrogens is 362 g/mol. The van der Waals surface area contributed by atoms with Gasteiger partial charge in [0, 0.05) is 24.7 Å². The molecule has 0 unspecified atom stereocenters. The highest BCUT2D eigenvalue weighted by molar-refractivity contribution is 7.79. The summed E-state index contributed by atoms with van der Waals surface area (Å²) in [7, 11) is 0. The number of hydrogen-bond donors (Lipinski definition) is 2. The first-order chi connectivity index (χ1) is 13.0. The minimum Gasteiger partial charge on any atom is -0.386 e. The van der Waals surface area contributed by atoms with Crippen molar-refractivity contribution in [1.29, 1.82) is 0 Å². The highest BCUT2D eigenvalue weighted by Crippen LogP contribution is 2.32. The number of ether oxygens (including phenoxy) is 1. The lowest BCUT2D eigenvalue weighted by Gasteiger charge is -2.29. The Labute approximate surface area is 164 Å². The first kappa shape index (κ1) is 19.6. The first-order valence-electron chi connectivity index (χ1n) is 8.84. The highest BCUT2D eigenvalue weighted by Gasteiger charge is 2.25. The number of aromatic nitrogens is 4. The lowest BCUT2D eigenvalue weighted by atomic mass is 9.96. The Hall–Kier alpha value is -2.16. The van der Waals surface area contributed by atoms with Crippen molar-refractivity contribution < 1.29 is 9.84 Å². The van der Waals surface area contributed by atoms with E-state index in [0.29, 0.717) is 24.7 Å². The van der Waals surface area contributed by atoms with E-state index in [4.69, 9.17) is 9.72 Å². The SMILES string of the molecule is CC(C)(O)c1cc(N2CCOCC2)nc2c1cnn2-c1ccccn1.CS. The number of rotatable bonds is 3. The van der Waals surface area contributed by atoms with Crippen LogP contribution in [0, 0.1) is 0 Å². The Balaban J connectivity index is 0.00000102. The van der Waals surface area contributed by atoms with Crippen molar-refractivity contribution in [2.75, 3.05) is 37.5 Å². The average Bonchev–Trinajstić information content (AvgIpc) is 3.13. The van der Waals surface area contributed by atoms with Gasteiger partial charge in [0.2, 0.25) is 0 Å². The topological polar surface area (TPSA) is 76.3 Å². The van der Waals surface area contributed by atoms with Crippen molar-refractivity contribution in [3.63, 3.8) is 0 Å². The molecule has 0 bridgehead atoms. The van der Waals surface area contributed by atoms with E-state index < -0.39 is 5.60 Å². The third kappa shape index (κ3) is 4.07. The minimum atomic E-state index is -1.000. The maximum absolute atomic E-state index is 10.7. The van der Waals surface area contributed by atoms with Crippen LogP contribution < -0.4 is 4.90 Å². The van der Waals surface area contributed by atoms with Crippen LogP contribution in [-0.4, -0.2) is 57.4 Å². The molecule has 0 atom stereocenters. The van der Waals surface area contributed by atoms with E-state index in [1.54, 1.807) is 37.2 Å². The zero-order chi connectivity index (χ0) is 19.4. The molecule has 1 saturated heterocycles. The third-order valence-corrected chi connectivity index (χ3v) is 4.39. The van der Waals surface area contributed by atoms with Crippen molar-refractivity contribution in [3.8, 4) is 5.82 Å². The second kappa shape index (κ2) is 8.24. The van der Waals surface area contributed by atoms with Gasteiger partial charge in [-0.25, -0.2) is 9.97 Å². The molecule has 4 heterocycles. The van der Waals surface area contributed by atoms with Gasteiger partial charge in [0.1, 0.15) is 5.82 Å². The fourth-order valence-electron chi connectivity index (χ4n) is 3.09. The Kier molecular flexibility index (Phi) is 5.98. The number of fused-ring (bicyclic) bond motifs is 1. The molecule has 7 nitrogen and oxygen atoms in total. The van der Waals surface area contributed by atoms with E-state index in [-0.39, 0.29) is 0 Å². The molecular formula is C19H25N5O2S. The smallest absolute Gasteiger partial charge is 0.167 e. The summed E-state index contributed by atoms with van der Waals surface area (Å²) in [5.74, 6) is 1.52. The van der Waals surface area contributed by atoms with Crippen LogP contribution in [0.1, 0.15) is 19.4 Å². The van der Waals surface area contributed by atoms with Crippen LogP contribution in [0.15, 0.2) is 36.7 Å². The van der Waals surface area contributed by atoms with Crippen LogP contribution in [0.25, 0.3) is 16.9 Å². The van der Waals surface area contributed by atoms with Crippen molar-refractivity contribution in [2.45, 2.75) is 19.4 Å². The maximum atomic E-state index is 10.7. The molecule has 1 fully saturated rings. The van der Waals surface area contributed by atoms with Crippen LogP contribution in [0.2, 0.25) is 0 Å². The van der Waals surface area contributed by atoms with Gasteiger partial charge in [-0.15, -0.1) is 0 Å². The van der Waals surface area contributed by atoms with E-state index in [0.717, 1.165) is 29.9 Å². The monoisotopic (exact) mass is 387 g/mol. The van der Waals surface area contributed by atoms with Gasteiger partial charge in [0.05, 0.1) is 25.0 Å². The Morgan fingerprint density at radius 1 is 1.15 bits per heavy atom. The highest BCUT2D eigenvalue weighted by atomic mass is 32.1. The fraction of sp³-hybridized carbons (Fsp3) is 0.421. The number of pyridine rings is 2. The molecule has 4 rings (SSSR count). The Morgan fingerprint density at radius 3 is 2.52 bits per heavy atom. The van der Waals surface area contributed by atoms with Crippen molar-refractivity contribution >= 4 is 29.5 Å². The van der Waals surface area contributed by atoms with E-state index in [2.05, 4.69) is 27.6 Å². The number of hydrogen-bond acceptors (Lipinski definition) is 7. The minimum absolute atomic E-state index is 0.678. The predicted octanol–water partition coefficient (Wildman–Crippen LogP) is 2.43. The van der Waals surface area contributed by atoms with Crippen LogP contribution >= 0.6 is 12.6 Å². The zero-order valence-corrected chi connectivity index (χ0v) is 16.7. The fourth-order valence-corrected chi connectivity index (χ4v) is 3.09. The van der Waals surface area contributed by atoms with Gasteiger partial charge in [-0.1, -0.05) is 6.07 Å². The van der Waals surface area contributed by atoms with Crippen molar-refractivity contribution in [3.05, 3.63) is 42.2 Å². The molecule has 3 aromatic heterocycles. The Morgan fingerprint density at radius 2 is 1.89 bits per heavy atom. The summed E-state index contributed by atoms with van der Waals surface area (Å²) >= 11 is 3.53. The molecule has 0 aromatic carbocycles. The lowest BCUT2D eigenvalue weighted by Crippen LogP contribution is -2.37. The summed E-state index contributed by atoms with van der Waals surface area (Å²) in [4.78, 5) is 11.4. The third-order valence-electron chi connectivity index (χ3n) is 4.39. The summed E-state index contributed by atoms with van der Waals surface area (Å²) in [6.07, 6.45) is 5.17. The molecule has 0 saturated carbocycles. The Bertz CT molecular complexity index is 886. The number of thiol groups is 1. The quantitative estimate of drug-likeness (QED) is 0.672. The first-order valence-corrected chi connectivity index (χ1v) is 9.74. The van der Waals surface area contributed by atoms with Gasteiger partial charge in [-0.05, 0) is 43.9 Å². The molecule has 0 radical (unpaired) electrons. The van der Waals surface area contributed by atoms with E-state index in [1.807, 2.05) is 24.3 Å². The number of morpholine rings is 1. The predicted molar refractivity (Wildman–Crippen MR) is 110 cm³/mol. The summed E-state index contributed by atoms with van der Waals surface area (Å²) in [6.45, 7) is 6.48. The zero-order valence-electron chi connectivity index (χ0n) is 15.8. The van der Waals surface area contributed by atoms with Gasteiger partial charge in [0.25, 0.3) is 0 Å². The van der Waals surface area contributed by atoms with Gasteiger partial charge in [0.15, 0.2) is 11.5 Å². The van der Waals surface area contributed by atoms with Crippen molar-refractivity contribution in [1.82, 2.24) is 19.7 Å². The van der Waals surface area contributed by atoms with Crippen LogP contribution in [0.5, 0.6) is 0 Å². The largest absolute Gasteiger partial charge is 0.386 e. The van der Waals surface area contributed by atoms with E-state index in [9.17, 15) is 5.11 Å². The van der Waals surface area contributed by atoms with Gasteiger partial charge < -0.3 is 14.7 Å². The standard InChI is InChI=1S/C18H21N5O2.CH4S/c1-18(2,24)14-11-16(22-7-9-25-10-8-22)21-17-13(14)12-20-23(17)15-5-3-4-6-19-15;1-2/h3-6,11-12,24H,7-10H2,1-2H3;2H,1H3. The molecule has 0 amide bonds. The second-order valence-electron chi connectivity index (χ2n) is 6.67. The van der Waals surface area contributed by atoms with Gasteiger partial charge >= 0.3 is 0 Å². The molecule has 27 heavy (non-hydrogen) atoms. The van der Waals surface area contributed by atoms with E-state index in [1.165, 1.54) is 0 Å². The number of nitrogens with zero attached hydrogens (tertiary/aromatic N) is 5. The normalized spacial score (nSPS) is 14.8. The second-order valence-corrected chi connectivity index (χ2v) is 6.67. The summed E-state index contributed by atoms with van der Waals surface area (Å²) in [5, 5.41) is 16.0. The van der Waals surface area contributed by atoms with E-state index >= 15 is 0 Å². The molecule has 1 N–H and O–H groups in total. The van der Waals surface area contributed by atoms with Crippen molar-refractivity contribution in [2.24, 2.45) is 0 Å². The van der Waals surface area contributed by atoms with Crippen LogP contribution in [0.3, 0.4) is 0 Å². The van der Waals surface area contributed by atoms with Gasteiger partial charge in [-0.3, -0.25) is 0 Å². The summed E-state index contributed by atoms with van der Waals surface area (Å²) in [5.41, 5.74) is 0.501. The molecule has 3 aromatic rings.